The first-order valence-electron chi connectivity index (χ1n) is 9.37. The van der Waals surface area contributed by atoms with E-state index in [1.807, 2.05) is 18.2 Å². The fourth-order valence-electron chi connectivity index (χ4n) is 4.26. The summed E-state index contributed by atoms with van der Waals surface area (Å²) in [6, 6.07) is 5.77. The van der Waals surface area contributed by atoms with Gasteiger partial charge in [-0.05, 0) is 31.0 Å². The predicted molar refractivity (Wildman–Crippen MR) is 102 cm³/mol. The second-order valence-electron chi connectivity index (χ2n) is 7.45. The molecule has 1 atom stereocenters. The van der Waals surface area contributed by atoms with Crippen molar-refractivity contribution in [3.8, 4) is 11.4 Å². The van der Waals surface area contributed by atoms with Crippen LogP contribution in [-0.2, 0) is 0 Å². The summed E-state index contributed by atoms with van der Waals surface area (Å²) in [5.74, 6) is 1.57. The van der Waals surface area contributed by atoms with Crippen LogP contribution in [0.2, 0.25) is 0 Å². The number of rotatable bonds is 2. The molecule has 1 spiro atoms. The first kappa shape index (κ1) is 16.5. The van der Waals surface area contributed by atoms with Gasteiger partial charge in [0.15, 0.2) is 5.82 Å². The minimum Gasteiger partial charge on any atom is -0.356 e. The molecule has 0 radical (unpaired) electrons. The van der Waals surface area contributed by atoms with Crippen molar-refractivity contribution in [1.82, 2.24) is 25.3 Å². The van der Waals surface area contributed by atoms with Crippen LogP contribution in [0.5, 0.6) is 0 Å². The van der Waals surface area contributed by atoms with Crippen LogP contribution in [0.3, 0.4) is 0 Å². The quantitative estimate of drug-likeness (QED) is 0.754. The van der Waals surface area contributed by atoms with Crippen molar-refractivity contribution in [3.05, 3.63) is 43.0 Å². The van der Waals surface area contributed by atoms with Crippen LogP contribution < -0.4 is 10.2 Å². The monoisotopic (exact) mass is 364 g/mol. The number of halogens is 1. The number of hydrogen-bond donors (Lipinski definition) is 1. The van der Waals surface area contributed by atoms with Crippen molar-refractivity contribution in [2.75, 3.05) is 31.1 Å². The zero-order valence-electron chi connectivity index (χ0n) is 15.0. The van der Waals surface area contributed by atoms with Crippen molar-refractivity contribution in [2.24, 2.45) is 5.41 Å². The number of piperidine rings is 1. The molecule has 0 amide bonds. The summed E-state index contributed by atoms with van der Waals surface area (Å²) in [6.07, 6.45) is 7.94. The highest BCUT2D eigenvalue weighted by molar-refractivity contribution is 5.90. The average Bonchev–Trinajstić information content (AvgIpc) is 3.08. The molecule has 2 fully saturated rings. The third-order valence-corrected chi connectivity index (χ3v) is 5.94. The molecule has 3 aromatic rings. The number of anilines is 1. The Hall–Kier alpha value is -2.67. The molecule has 27 heavy (non-hydrogen) atoms. The Balaban J connectivity index is 1.53. The molecule has 2 aliphatic rings. The van der Waals surface area contributed by atoms with Crippen LogP contribution in [0.1, 0.15) is 12.8 Å². The van der Waals surface area contributed by atoms with Crippen LogP contribution in [0.25, 0.3) is 22.3 Å². The van der Waals surface area contributed by atoms with Gasteiger partial charge in [-0.3, -0.25) is 9.97 Å². The number of alkyl halides is 1. The molecule has 2 aliphatic heterocycles. The summed E-state index contributed by atoms with van der Waals surface area (Å²) in [7, 11) is 0. The van der Waals surface area contributed by atoms with Gasteiger partial charge in [0.2, 0.25) is 0 Å². The summed E-state index contributed by atoms with van der Waals surface area (Å²) in [4.78, 5) is 20.1. The van der Waals surface area contributed by atoms with E-state index in [2.05, 4.69) is 25.2 Å². The number of nitrogens with one attached hydrogen (secondary N) is 1. The lowest BCUT2D eigenvalue weighted by molar-refractivity contribution is 0.126. The average molecular weight is 364 g/mol. The Morgan fingerprint density at radius 1 is 1.04 bits per heavy atom. The zero-order chi connectivity index (χ0) is 18.3. The summed E-state index contributed by atoms with van der Waals surface area (Å²) in [5, 5.41) is 4.20. The second kappa shape index (κ2) is 6.49. The van der Waals surface area contributed by atoms with E-state index in [1.54, 1.807) is 24.8 Å². The van der Waals surface area contributed by atoms with E-state index in [0.29, 0.717) is 12.4 Å². The van der Waals surface area contributed by atoms with Gasteiger partial charge in [-0.25, -0.2) is 14.4 Å². The Morgan fingerprint density at radius 3 is 2.56 bits per heavy atom. The van der Waals surface area contributed by atoms with Gasteiger partial charge in [-0.2, -0.15) is 0 Å². The maximum absolute atomic E-state index is 14.4. The van der Waals surface area contributed by atoms with Gasteiger partial charge < -0.3 is 10.2 Å². The number of hydrogen-bond acceptors (Lipinski definition) is 6. The fourth-order valence-corrected chi connectivity index (χ4v) is 4.26. The maximum Gasteiger partial charge on any atom is 0.162 e. The maximum atomic E-state index is 14.4. The van der Waals surface area contributed by atoms with Crippen LogP contribution in [0.15, 0.2) is 43.0 Å². The highest BCUT2D eigenvalue weighted by atomic mass is 19.1. The summed E-state index contributed by atoms with van der Waals surface area (Å²) in [5.41, 5.74) is 1.53. The third-order valence-electron chi connectivity index (χ3n) is 5.94. The molecule has 3 aromatic heterocycles. The van der Waals surface area contributed by atoms with E-state index in [9.17, 15) is 4.39 Å². The molecule has 6 nitrogen and oxygen atoms in total. The third kappa shape index (κ3) is 2.82. The number of fused-ring (bicyclic) bond motifs is 1. The van der Waals surface area contributed by atoms with E-state index in [4.69, 9.17) is 4.98 Å². The minimum absolute atomic E-state index is 0.213. The molecule has 7 heteroatoms. The molecule has 2 saturated heterocycles. The molecule has 0 saturated carbocycles. The normalized spacial score (nSPS) is 21.8. The Kier molecular flexibility index (Phi) is 3.97. The van der Waals surface area contributed by atoms with Gasteiger partial charge in [0.25, 0.3) is 0 Å². The van der Waals surface area contributed by atoms with E-state index in [1.165, 1.54) is 0 Å². The molecule has 5 rings (SSSR count). The first-order valence-corrected chi connectivity index (χ1v) is 9.37. The highest BCUT2D eigenvalue weighted by Crippen LogP contribution is 2.40. The van der Waals surface area contributed by atoms with Gasteiger partial charge >= 0.3 is 0 Å². The Labute approximate surface area is 156 Å². The van der Waals surface area contributed by atoms with E-state index >= 15 is 0 Å². The second-order valence-corrected chi connectivity index (χ2v) is 7.45. The standard InChI is InChI=1S/C20H21FN6/c21-17-12-24-13-20(17)4-9-27(10-5-20)19-15-3-8-23-11-16(15)25-18(26-19)14-1-6-22-7-2-14/h1-3,6-8,11,17,24H,4-5,9-10,12-13H2/t17-/m1/s1. The molecule has 0 bridgehead atoms. The molecule has 0 aliphatic carbocycles. The molecular formula is C20H21FN6. The summed E-state index contributed by atoms with van der Waals surface area (Å²) >= 11 is 0. The van der Waals surface area contributed by atoms with Gasteiger partial charge in [0.05, 0.1) is 11.7 Å². The Morgan fingerprint density at radius 2 is 1.81 bits per heavy atom. The lowest BCUT2D eigenvalue weighted by atomic mass is 9.76. The van der Waals surface area contributed by atoms with E-state index in [0.717, 1.165) is 54.8 Å². The zero-order valence-corrected chi connectivity index (χ0v) is 15.0. The molecular weight excluding hydrogens is 343 g/mol. The van der Waals surface area contributed by atoms with Crippen LogP contribution >= 0.6 is 0 Å². The summed E-state index contributed by atoms with van der Waals surface area (Å²) < 4.78 is 14.4. The number of aromatic nitrogens is 4. The van der Waals surface area contributed by atoms with E-state index in [-0.39, 0.29) is 5.41 Å². The topological polar surface area (TPSA) is 66.8 Å². The highest BCUT2D eigenvalue weighted by Gasteiger charge is 2.45. The smallest absolute Gasteiger partial charge is 0.162 e. The van der Waals surface area contributed by atoms with Crippen LogP contribution in [-0.4, -0.2) is 52.3 Å². The lowest BCUT2D eigenvalue weighted by Crippen LogP contribution is -2.45. The van der Waals surface area contributed by atoms with Crippen molar-refractivity contribution in [2.45, 2.75) is 19.0 Å². The number of nitrogens with zero attached hydrogens (tertiary/aromatic N) is 5. The Bertz CT molecular complexity index is 955. The summed E-state index contributed by atoms with van der Waals surface area (Å²) in [6.45, 7) is 2.85. The van der Waals surface area contributed by atoms with Crippen molar-refractivity contribution in [3.63, 3.8) is 0 Å². The van der Waals surface area contributed by atoms with Crippen LogP contribution in [0.4, 0.5) is 10.2 Å². The minimum atomic E-state index is -0.752. The first-order chi connectivity index (χ1) is 13.3. The largest absolute Gasteiger partial charge is 0.356 e. The molecule has 5 heterocycles. The van der Waals surface area contributed by atoms with Gasteiger partial charge in [0, 0.05) is 61.1 Å². The van der Waals surface area contributed by atoms with E-state index < -0.39 is 6.17 Å². The van der Waals surface area contributed by atoms with Gasteiger partial charge in [-0.15, -0.1) is 0 Å². The molecule has 0 unspecified atom stereocenters. The lowest BCUT2D eigenvalue weighted by Gasteiger charge is -2.40. The fraction of sp³-hybridized carbons (Fsp3) is 0.400. The van der Waals surface area contributed by atoms with Crippen molar-refractivity contribution < 1.29 is 4.39 Å². The SMILES string of the molecule is F[C@@H]1CNCC12CCN(c1nc(-c3ccncc3)nc3cnccc13)CC2. The van der Waals surface area contributed by atoms with Crippen LogP contribution in [0, 0.1) is 5.41 Å². The number of pyridine rings is 2. The van der Waals surface area contributed by atoms with Gasteiger partial charge in [-0.1, -0.05) is 0 Å². The predicted octanol–water partition coefficient (Wildman–Crippen LogP) is 2.61. The van der Waals surface area contributed by atoms with Crippen molar-refractivity contribution in [1.29, 1.82) is 0 Å². The molecule has 138 valence electrons. The van der Waals surface area contributed by atoms with Gasteiger partial charge in [0.1, 0.15) is 12.0 Å². The molecule has 1 N–H and O–H groups in total. The molecule has 0 aromatic carbocycles. The van der Waals surface area contributed by atoms with Crippen molar-refractivity contribution >= 4 is 16.7 Å².